The van der Waals surface area contributed by atoms with Gasteiger partial charge in [0.05, 0.1) is 46.4 Å². The third-order valence-electron chi connectivity index (χ3n) is 8.56. The van der Waals surface area contributed by atoms with Crippen LogP contribution in [-0.2, 0) is 9.47 Å². The molecule has 1 saturated carbocycles. The van der Waals surface area contributed by atoms with Gasteiger partial charge in [0.1, 0.15) is 35.5 Å². The Morgan fingerprint density at radius 2 is 1.67 bits per heavy atom. The highest BCUT2D eigenvalue weighted by molar-refractivity contribution is 8.00. The molecule has 16 heteroatoms. The summed E-state index contributed by atoms with van der Waals surface area (Å²) < 4.78 is 82.9. The highest BCUT2D eigenvalue weighted by atomic mass is 32.2. The van der Waals surface area contributed by atoms with E-state index >= 15 is 0 Å². The summed E-state index contributed by atoms with van der Waals surface area (Å²) in [5.41, 5.74) is -0.718. The average Bonchev–Trinajstić information content (AvgIpc) is 3.48. The zero-order chi connectivity index (χ0) is 32.8. The van der Waals surface area contributed by atoms with Crippen LogP contribution in [0.2, 0.25) is 0 Å². The molecule has 2 aliphatic rings. The first-order valence-corrected chi connectivity index (χ1v) is 15.2. The summed E-state index contributed by atoms with van der Waals surface area (Å²) in [5.74, 6) is -7.42. The van der Waals surface area contributed by atoms with E-state index in [0.29, 0.717) is 22.8 Å². The first kappa shape index (κ1) is 33.6. The molecule has 3 aromatic rings. The SMILES string of the molecule is CO[C@@H]1[C@@H](n2cc(-c3cc(F)c(F)c(F)c3)nn2)[C@@H](O)[C@@H](CO)O[C@H]1S[C@H](c1nc(C)c(C)nc1C)C1(O)CCC(F)(F)CC1. The minimum Gasteiger partial charge on any atom is -0.394 e. The van der Waals surface area contributed by atoms with Crippen LogP contribution in [0.15, 0.2) is 18.3 Å². The van der Waals surface area contributed by atoms with Gasteiger partial charge in [-0.2, -0.15) is 0 Å². The number of nitrogens with zero attached hydrogens (tertiary/aromatic N) is 5. The van der Waals surface area contributed by atoms with Crippen molar-refractivity contribution in [2.45, 2.75) is 93.0 Å². The van der Waals surface area contributed by atoms with Crippen molar-refractivity contribution in [3.8, 4) is 11.3 Å². The molecule has 0 unspecified atom stereocenters. The van der Waals surface area contributed by atoms with E-state index in [9.17, 15) is 37.3 Å². The summed E-state index contributed by atoms with van der Waals surface area (Å²) >= 11 is 1.04. The molecule has 1 aromatic carbocycles. The molecular formula is C29H34F5N5O5S. The van der Waals surface area contributed by atoms with Gasteiger partial charge in [0.25, 0.3) is 0 Å². The number of methoxy groups -OCH3 is 1. The lowest BCUT2D eigenvalue weighted by atomic mass is 9.79. The average molecular weight is 660 g/mol. The Morgan fingerprint density at radius 3 is 2.27 bits per heavy atom. The number of aliphatic hydroxyl groups is 3. The highest BCUT2D eigenvalue weighted by Gasteiger charge is 2.53. The molecular weight excluding hydrogens is 625 g/mol. The maximum Gasteiger partial charge on any atom is 0.248 e. The second kappa shape index (κ2) is 12.8. The van der Waals surface area contributed by atoms with Crippen molar-refractivity contribution in [2.75, 3.05) is 13.7 Å². The maximum absolute atomic E-state index is 14.2. The number of rotatable bonds is 8. The largest absolute Gasteiger partial charge is 0.394 e. The molecule has 0 radical (unpaired) electrons. The number of aliphatic hydroxyl groups excluding tert-OH is 2. The topological polar surface area (TPSA) is 136 Å². The molecule has 1 aliphatic heterocycles. The Labute approximate surface area is 260 Å². The molecule has 3 N–H and O–H groups in total. The van der Waals surface area contributed by atoms with Crippen LogP contribution in [0.25, 0.3) is 11.3 Å². The first-order chi connectivity index (χ1) is 21.2. The van der Waals surface area contributed by atoms with E-state index in [1.165, 1.54) is 18.0 Å². The number of thioether (sulfide) groups is 1. The van der Waals surface area contributed by atoms with Gasteiger partial charge in [-0.1, -0.05) is 5.21 Å². The molecule has 2 aromatic heterocycles. The quantitative estimate of drug-likeness (QED) is 0.239. The summed E-state index contributed by atoms with van der Waals surface area (Å²) in [4.78, 5) is 9.24. The van der Waals surface area contributed by atoms with Crippen LogP contribution in [-0.4, -0.2) is 89.3 Å². The van der Waals surface area contributed by atoms with Crippen molar-refractivity contribution in [3.63, 3.8) is 0 Å². The van der Waals surface area contributed by atoms with Crippen LogP contribution >= 0.6 is 11.8 Å². The first-order valence-electron chi connectivity index (χ1n) is 14.3. The van der Waals surface area contributed by atoms with E-state index in [4.69, 9.17) is 14.5 Å². The molecule has 2 fully saturated rings. The number of aromatic nitrogens is 5. The third kappa shape index (κ3) is 6.58. The molecule has 0 spiro atoms. The fraction of sp³-hybridized carbons (Fsp3) is 0.586. The number of aryl methyl sites for hydroxylation is 3. The molecule has 3 heterocycles. The summed E-state index contributed by atoms with van der Waals surface area (Å²) in [6.45, 7) is 4.60. The Hall–Kier alpha value is -2.76. The maximum atomic E-state index is 14.2. The number of alkyl halides is 2. The van der Waals surface area contributed by atoms with E-state index in [0.717, 1.165) is 23.9 Å². The van der Waals surface area contributed by atoms with Crippen LogP contribution in [0.3, 0.4) is 0 Å². The van der Waals surface area contributed by atoms with Gasteiger partial charge in [-0.25, -0.2) is 26.6 Å². The smallest absolute Gasteiger partial charge is 0.248 e. The van der Waals surface area contributed by atoms with E-state index in [1.807, 2.05) is 0 Å². The molecule has 246 valence electrons. The zero-order valence-corrected chi connectivity index (χ0v) is 25.7. The Bertz CT molecular complexity index is 1510. The van der Waals surface area contributed by atoms with Gasteiger partial charge in [-0.3, -0.25) is 9.97 Å². The van der Waals surface area contributed by atoms with Gasteiger partial charge in [0, 0.05) is 25.5 Å². The summed E-state index contributed by atoms with van der Waals surface area (Å²) in [7, 11) is 1.34. The van der Waals surface area contributed by atoms with Crippen molar-refractivity contribution < 1.29 is 46.7 Å². The molecule has 5 rings (SSSR count). The normalized spacial score (nSPS) is 27.0. The molecule has 10 nitrogen and oxygen atoms in total. The minimum absolute atomic E-state index is 0.0394. The van der Waals surface area contributed by atoms with E-state index in [1.54, 1.807) is 20.8 Å². The monoisotopic (exact) mass is 659 g/mol. The van der Waals surface area contributed by atoms with Gasteiger partial charge in [-0.05, 0) is 45.7 Å². The van der Waals surface area contributed by atoms with Crippen molar-refractivity contribution in [1.82, 2.24) is 25.0 Å². The van der Waals surface area contributed by atoms with Gasteiger partial charge < -0.3 is 24.8 Å². The molecule has 1 saturated heterocycles. The molecule has 1 aliphatic carbocycles. The van der Waals surface area contributed by atoms with Gasteiger partial charge in [0.2, 0.25) is 5.92 Å². The van der Waals surface area contributed by atoms with Crippen LogP contribution < -0.4 is 0 Å². The molecule has 45 heavy (non-hydrogen) atoms. The van der Waals surface area contributed by atoms with Crippen molar-refractivity contribution in [3.05, 3.63) is 58.6 Å². The minimum atomic E-state index is -2.93. The van der Waals surface area contributed by atoms with E-state index in [-0.39, 0.29) is 24.1 Å². The third-order valence-corrected chi connectivity index (χ3v) is 10.1. The highest BCUT2D eigenvalue weighted by Crippen LogP contribution is 2.53. The van der Waals surface area contributed by atoms with Crippen LogP contribution in [0.1, 0.15) is 59.8 Å². The predicted octanol–water partition coefficient (Wildman–Crippen LogP) is 4.13. The van der Waals surface area contributed by atoms with Crippen LogP contribution in [0.4, 0.5) is 22.0 Å². The van der Waals surface area contributed by atoms with Crippen molar-refractivity contribution >= 4 is 11.8 Å². The lowest BCUT2D eigenvalue weighted by Crippen LogP contribution is -2.56. The number of ether oxygens (including phenoxy) is 2. The molecule has 0 bridgehead atoms. The lowest BCUT2D eigenvalue weighted by Gasteiger charge is -2.47. The second-order valence-corrected chi connectivity index (χ2v) is 12.8. The zero-order valence-electron chi connectivity index (χ0n) is 24.9. The molecule has 6 atom stereocenters. The van der Waals surface area contributed by atoms with Gasteiger partial charge >= 0.3 is 0 Å². The second-order valence-electron chi connectivity index (χ2n) is 11.6. The van der Waals surface area contributed by atoms with Crippen molar-refractivity contribution in [2.24, 2.45) is 0 Å². The van der Waals surface area contributed by atoms with Gasteiger partial charge in [-0.15, -0.1) is 16.9 Å². The van der Waals surface area contributed by atoms with Crippen LogP contribution in [0, 0.1) is 38.2 Å². The Morgan fingerprint density at radius 1 is 1.04 bits per heavy atom. The van der Waals surface area contributed by atoms with E-state index in [2.05, 4.69) is 15.3 Å². The summed E-state index contributed by atoms with van der Waals surface area (Å²) in [6, 6.07) is 0.414. The standard InChI is InChI=1S/C29H34F5N5O5S/c1-13-14(2)36-22(15(3)35-13)26(28(42)5-7-29(33,34)8-6-28)45-27-25(43-4)23(24(41)20(12-40)44-27)39-11-19(37-38-39)16-9-17(30)21(32)18(31)10-16/h9-11,20,23-27,40-42H,5-8,12H2,1-4H3/t20-,23+,24+,25-,26-,27+/m1/s1. The number of hydrogen-bond acceptors (Lipinski definition) is 10. The number of hydrogen-bond donors (Lipinski definition) is 3. The van der Waals surface area contributed by atoms with E-state index < -0.39 is 83.5 Å². The van der Waals surface area contributed by atoms with Crippen molar-refractivity contribution in [1.29, 1.82) is 0 Å². The predicted molar refractivity (Wildman–Crippen MR) is 152 cm³/mol. The fourth-order valence-electron chi connectivity index (χ4n) is 5.85. The molecule has 0 amide bonds. The number of benzene rings is 1. The summed E-state index contributed by atoms with van der Waals surface area (Å²) in [6.07, 6.45) is -3.92. The number of halogens is 5. The summed E-state index contributed by atoms with van der Waals surface area (Å²) in [5, 5.41) is 40.3. The van der Waals surface area contributed by atoms with Gasteiger partial charge in [0.15, 0.2) is 17.5 Å². The fourth-order valence-corrected chi connectivity index (χ4v) is 7.60. The Balaban J connectivity index is 1.53. The Kier molecular flexibility index (Phi) is 9.55. The van der Waals surface area contributed by atoms with Crippen LogP contribution in [0.5, 0.6) is 0 Å². The lowest BCUT2D eigenvalue weighted by molar-refractivity contribution is -0.186.